The third kappa shape index (κ3) is 3.19. The number of hydrogen-bond donors (Lipinski definition) is 1. The molecule has 1 aliphatic heterocycles. The Morgan fingerprint density at radius 1 is 1.39 bits per heavy atom. The Kier molecular flexibility index (Phi) is 5.26. The maximum absolute atomic E-state index is 12.6. The maximum Gasteiger partial charge on any atom is 0.273 e. The topological polar surface area (TPSA) is 89.5 Å². The van der Waals surface area contributed by atoms with Gasteiger partial charge in [0.25, 0.3) is 11.6 Å². The number of nitrogens with zero attached hydrogens (tertiary/aromatic N) is 2. The summed E-state index contributed by atoms with van der Waals surface area (Å²) in [5.41, 5.74) is 7.18. The van der Waals surface area contributed by atoms with Crippen molar-refractivity contribution in [1.29, 1.82) is 0 Å². The Hall–Kier alpha value is -1.66. The molecule has 1 heterocycles. The molecule has 2 aliphatic rings. The van der Waals surface area contributed by atoms with Gasteiger partial charge in [0.2, 0.25) is 0 Å². The highest BCUT2D eigenvalue weighted by atomic mass is 35.5. The van der Waals surface area contributed by atoms with Gasteiger partial charge in [0, 0.05) is 36.3 Å². The molecule has 1 aromatic carbocycles. The third-order valence-corrected chi connectivity index (χ3v) is 5.11. The SMILES string of the molecule is CCc1ccc(C(=O)N2CC3CCC(N)C3C2)cc1[N+](=O)[O-].Cl. The molecular formula is C16H22ClN3O3. The van der Waals surface area contributed by atoms with E-state index in [-0.39, 0.29) is 30.0 Å². The second-order valence-corrected chi connectivity index (χ2v) is 6.33. The summed E-state index contributed by atoms with van der Waals surface area (Å²) < 4.78 is 0. The highest BCUT2D eigenvalue weighted by Crippen LogP contribution is 2.37. The summed E-state index contributed by atoms with van der Waals surface area (Å²) in [6, 6.07) is 4.98. The number of rotatable bonds is 3. The fourth-order valence-electron chi connectivity index (χ4n) is 3.82. The van der Waals surface area contributed by atoms with Crippen molar-refractivity contribution < 1.29 is 9.72 Å². The van der Waals surface area contributed by atoms with Crippen molar-refractivity contribution in [1.82, 2.24) is 4.90 Å². The Labute approximate surface area is 141 Å². The van der Waals surface area contributed by atoms with Gasteiger partial charge in [-0.3, -0.25) is 14.9 Å². The molecule has 6 nitrogen and oxygen atoms in total. The first-order valence-electron chi connectivity index (χ1n) is 7.83. The predicted octanol–water partition coefficient (Wildman–Crippen LogP) is 2.39. The van der Waals surface area contributed by atoms with Gasteiger partial charge in [-0.05, 0) is 37.2 Å². The van der Waals surface area contributed by atoms with Gasteiger partial charge in [-0.25, -0.2) is 0 Å². The number of fused-ring (bicyclic) bond motifs is 1. The fraction of sp³-hybridized carbons (Fsp3) is 0.562. The van der Waals surface area contributed by atoms with Crippen LogP contribution in [0.2, 0.25) is 0 Å². The number of halogens is 1. The molecular weight excluding hydrogens is 318 g/mol. The number of benzene rings is 1. The minimum absolute atomic E-state index is 0. The normalized spacial score (nSPS) is 25.8. The van der Waals surface area contributed by atoms with Crippen LogP contribution < -0.4 is 5.73 Å². The minimum Gasteiger partial charge on any atom is -0.338 e. The third-order valence-electron chi connectivity index (χ3n) is 5.11. The van der Waals surface area contributed by atoms with Crippen molar-refractivity contribution in [2.75, 3.05) is 13.1 Å². The van der Waals surface area contributed by atoms with Crippen LogP contribution in [0.4, 0.5) is 5.69 Å². The molecule has 0 spiro atoms. The van der Waals surface area contributed by atoms with Crippen LogP contribution in [0.25, 0.3) is 0 Å². The maximum atomic E-state index is 12.6. The summed E-state index contributed by atoms with van der Waals surface area (Å²) in [6.45, 7) is 3.27. The van der Waals surface area contributed by atoms with E-state index in [0.29, 0.717) is 35.9 Å². The number of nitro groups is 1. The van der Waals surface area contributed by atoms with Gasteiger partial charge in [-0.2, -0.15) is 0 Å². The van der Waals surface area contributed by atoms with E-state index in [9.17, 15) is 14.9 Å². The predicted molar refractivity (Wildman–Crippen MR) is 89.8 cm³/mol. The van der Waals surface area contributed by atoms with Gasteiger partial charge in [0.15, 0.2) is 0 Å². The van der Waals surface area contributed by atoms with Crippen LogP contribution in [0.1, 0.15) is 35.7 Å². The minimum atomic E-state index is -0.412. The Bertz CT molecular complexity index is 623. The second kappa shape index (κ2) is 6.84. The van der Waals surface area contributed by atoms with Crippen LogP contribution in [0.3, 0.4) is 0 Å². The quantitative estimate of drug-likeness (QED) is 0.676. The lowest BCUT2D eigenvalue weighted by Crippen LogP contribution is -2.33. The molecule has 1 saturated carbocycles. The van der Waals surface area contributed by atoms with Crippen LogP contribution in [-0.2, 0) is 6.42 Å². The lowest BCUT2D eigenvalue weighted by molar-refractivity contribution is -0.385. The summed E-state index contributed by atoms with van der Waals surface area (Å²) in [6.07, 6.45) is 2.69. The highest BCUT2D eigenvalue weighted by molar-refractivity contribution is 5.95. The highest BCUT2D eigenvalue weighted by Gasteiger charge is 2.42. The number of carbonyl (C=O) groups is 1. The first-order valence-corrected chi connectivity index (χ1v) is 7.83. The molecule has 1 aromatic rings. The Morgan fingerprint density at radius 2 is 2.13 bits per heavy atom. The molecule has 0 radical (unpaired) electrons. The fourth-order valence-corrected chi connectivity index (χ4v) is 3.82. The van der Waals surface area contributed by atoms with Crippen molar-refractivity contribution in [3.05, 3.63) is 39.4 Å². The number of likely N-dealkylation sites (tertiary alicyclic amines) is 1. The molecule has 126 valence electrons. The monoisotopic (exact) mass is 339 g/mol. The lowest BCUT2D eigenvalue weighted by Gasteiger charge is -2.19. The number of carbonyl (C=O) groups excluding carboxylic acids is 1. The Morgan fingerprint density at radius 3 is 2.74 bits per heavy atom. The summed E-state index contributed by atoms with van der Waals surface area (Å²) in [5.74, 6) is 0.755. The van der Waals surface area contributed by atoms with E-state index in [2.05, 4.69) is 0 Å². The molecule has 1 aliphatic carbocycles. The van der Waals surface area contributed by atoms with Gasteiger partial charge in [-0.15, -0.1) is 12.4 Å². The van der Waals surface area contributed by atoms with E-state index in [4.69, 9.17) is 5.73 Å². The Balaban J connectivity index is 0.00000192. The summed E-state index contributed by atoms with van der Waals surface area (Å²) in [7, 11) is 0. The molecule has 7 heteroatoms. The van der Waals surface area contributed by atoms with E-state index in [1.807, 2.05) is 6.92 Å². The number of hydrogen-bond acceptors (Lipinski definition) is 4. The second-order valence-electron chi connectivity index (χ2n) is 6.33. The molecule has 0 aromatic heterocycles. The largest absolute Gasteiger partial charge is 0.338 e. The molecule has 1 saturated heterocycles. The van der Waals surface area contributed by atoms with Gasteiger partial charge < -0.3 is 10.6 Å². The van der Waals surface area contributed by atoms with Gasteiger partial charge in [-0.1, -0.05) is 13.0 Å². The van der Waals surface area contributed by atoms with Crippen molar-refractivity contribution in [2.24, 2.45) is 17.6 Å². The number of aryl methyl sites for hydroxylation is 1. The van der Waals surface area contributed by atoms with Gasteiger partial charge >= 0.3 is 0 Å². The standard InChI is InChI=1S/C16H21N3O3.ClH/c1-2-10-3-4-11(7-15(10)19(21)22)16(20)18-8-12-5-6-14(17)13(12)9-18;/h3-4,7,12-14H,2,5-6,8-9,17H2,1H3;1H. The van der Waals surface area contributed by atoms with E-state index in [1.165, 1.54) is 6.07 Å². The van der Waals surface area contributed by atoms with Gasteiger partial charge in [0.05, 0.1) is 4.92 Å². The summed E-state index contributed by atoms with van der Waals surface area (Å²) in [4.78, 5) is 25.2. The molecule has 23 heavy (non-hydrogen) atoms. The van der Waals surface area contributed by atoms with Crippen LogP contribution in [0, 0.1) is 22.0 Å². The number of nitrogens with two attached hydrogens (primary N) is 1. The van der Waals surface area contributed by atoms with E-state index < -0.39 is 4.92 Å². The zero-order chi connectivity index (χ0) is 15.9. The van der Waals surface area contributed by atoms with Gasteiger partial charge in [0.1, 0.15) is 0 Å². The average Bonchev–Trinajstić information content (AvgIpc) is 3.08. The zero-order valence-corrected chi connectivity index (χ0v) is 13.9. The summed E-state index contributed by atoms with van der Waals surface area (Å²) >= 11 is 0. The van der Waals surface area contributed by atoms with E-state index >= 15 is 0 Å². The molecule has 3 atom stereocenters. The van der Waals surface area contributed by atoms with Crippen LogP contribution >= 0.6 is 12.4 Å². The van der Waals surface area contributed by atoms with Crippen LogP contribution in [0.15, 0.2) is 18.2 Å². The number of amides is 1. The van der Waals surface area contributed by atoms with E-state index in [0.717, 1.165) is 19.4 Å². The average molecular weight is 340 g/mol. The van der Waals surface area contributed by atoms with Crippen molar-refractivity contribution in [3.63, 3.8) is 0 Å². The smallest absolute Gasteiger partial charge is 0.273 e. The van der Waals surface area contributed by atoms with Crippen molar-refractivity contribution >= 4 is 24.0 Å². The van der Waals surface area contributed by atoms with Crippen molar-refractivity contribution in [3.8, 4) is 0 Å². The molecule has 3 rings (SSSR count). The molecule has 3 unspecified atom stereocenters. The van der Waals surface area contributed by atoms with Crippen molar-refractivity contribution in [2.45, 2.75) is 32.2 Å². The molecule has 2 N–H and O–H groups in total. The first-order chi connectivity index (χ1) is 10.5. The first kappa shape index (κ1) is 17.7. The molecule has 1 amide bonds. The zero-order valence-electron chi connectivity index (χ0n) is 13.1. The lowest BCUT2D eigenvalue weighted by atomic mass is 9.98. The van der Waals surface area contributed by atoms with Crippen LogP contribution in [0.5, 0.6) is 0 Å². The molecule has 2 fully saturated rings. The molecule has 0 bridgehead atoms. The van der Waals surface area contributed by atoms with Crippen LogP contribution in [-0.4, -0.2) is 34.9 Å². The van der Waals surface area contributed by atoms with E-state index in [1.54, 1.807) is 17.0 Å². The summed E-state index contributed by atoms with van der Waals surface area (Å²) in [5, 5.41) is 11.1. The number of nitro benzene ring substituents is 1.